The minimum absolute atomic E-state index is 0.0251. The molecular weight excluding hydrogens is 317 g/mol. The Morgan fingerprint density at radius 1 is 1.41 bits per heavy atom. The fourth-order valence-corrected chi connectivity index (χ4v) is 4.21. The third-order valence-corrected chi connectivity index (χ3v) is 5.39. The average molecular weight is 331 g/mol. The van der Waals surface area contributed by atoms with Gasteiger partial charge in [-0.25, -0.2) is 17.6 Å². The number of esters is 1. The number of carboxylic acids is 1. The maximum absolute atomic E-state index is 13.3. The van der Waals surface area contributed by atoms with Crippen molar-refractivity contribution in [2.24, 2.45) is 0 Å². The molecule has 2 rings (SSSR count). The summed E-state index contributed by atoms with van der Waals surface area (Å²) in [4.78, 5) is 22.4. The highest BCUT2D eigenvalue weighted by atomic mass is 32.2. The Kier molecular flexibility index (Phi) is 4.47. The van der Waals surface area contributed by atoms with E-state index in [0.717, 1.165) is 29.6 Å². The molecule has 1 heterocycles. The number of rotatable bonds is 4. The van der Waals surface area contributed by atoms with Crippen LogP contribution in [0.1, 0.15) is 23.2 Å². The molecule has 0 spiro atoms. The lowest BCUT2D eigenvalue weighted by molar-refractivity contribution is -0.140. The van der Waals surface area contributed by atoms with Crippen molar-refractivity contribution in [1.29, 1.82) is 0 Å². The van der Waals surface area contributed by atoms with E-state index in [0.29, 0.717) is 6.42 Å². The lowest BCUT2D eigenvalue weighted by Gasteiger charge is -2.22. The number of carbonyl (C=O) groups excluding carboxylic acids is 1. The lowest BCUT2D eigenvalue weighted by atomic mass is 10.2. The van der Waals surface area contributed by atoms with Crippen molar-refractivity contribution in [3.63, 3.8) is 0 Å². The second-order valence-electron chi connectivity index (χ2n) is 4.74. The van der Waals surface area contributed by atoms with E-state index >= 15 is 0 Å². The van der Waals surface area contributed by atoms with Gasteiger partial charge >= 0.3 is 11.9 Å². The number of carboxylic acid groups (broad SMARTS) is 1. The first-order valence-electron chi connectivity index (χ1n) is 6.41. The van der Waals surface area contributed by atoms with Gasteiger partial charge in [0.2, 0.25) is 10.0 Å². The van der Waals surface area contributed by atoms with Crippen LogP contribution in [0.2, 0.25) is 0 Å². The second-order valence-corrected chi connectivity index (χ2v) is 6.60. The zero-order chi connectivity index (χ0) is 16.5. The molecule has 0 aromatic heterocycles. The number of ether oxygens (including phenoxy) is 1. The number of halogens is 1. The first-order valence-corrected chi connectivity index (χ1v) is 7.85. The summed E-state index contributed by atoms with van der Waals surface area (Å²) in [7, 11) is -3.21. The molecule has 0 amide bonds. The molecule has 7 nitrogen and oxygen atoms in total. The topological polar surface area (TPSA) is 101 Å². The maximum atomic E-state index is 13.3. The molecule has 1 aromatic rings. The van der Waals surface area contributed by atoms with Crippen LogP contribution < -0.4 is 0 Å². The molecule has 0 radical (unpaired) electrons. The van der Waals surface area contributed by atoms with E-state index < -0.39 is 44.3 Å². The number of hydrogen-bond acceptors (Lipinski definition) is 5. The Hall–Kier alpha value is -2.00. The van der Waals surface area contributed by atoms with Gasteiger partial charge in [-0.05, 0) is 31.0 Å². The zero-order valence-corrected chi connectivity index (χ0v) is 12.5. The van der Waals surface area contributed by atoms with Crippen LogP contribution in [-0.4, -0.2) is 49.5 Å². The molecule has 9 heteroatoms. The van der Waals surface area contributed by atoms with Crippen LogP contribution >= 0.6 is 0 Å². The lowest BCUT2D eigenvalue weighted by Crippen LogP contribution is -2.40. The zero-order valence-electron chi connectivity index (χ0n) is 11.7. The van der Waals surface area contributed by atoms with Gasteiger partial charge in [-0.3, -0.25) is 4.79 Å². The minimum atomic E-state index is -4.25. The smallest absolute Gasteiger partial charge is 0.339 e. The predicted octanol–water partition coefficient (Wildman–Crippen LogP) is 0.850. The Labute approximate surface area is 126 Å². The van der Waals surface area contributed by atoms with Gasteiger partial charge in [-0.15, -0.1) is 0 Å². The number of hydrogen-bond donors (Lipinski definition) is 1. The van der Waals surface area contributed by atoms with Crippen LogP contribution in [0.5, 0.6) is 0 Å². The van der Waals surface area contributed by atoms with Crippen molar-refractivity contribution in [1.82, 2.24) is 4.31 Å². The molecule has 0 bridgehead atoms. The van der Waals surface area contributed by atoms with Gasteiger partial charge in [-0.1, -0.05) is 0 Å². The van der Waals surface area contributed by atoms with Gasteiger partial charge in [0.25, 0.3) is 0 Å². The first-order chi connectivity index (χ1) is 10.3. The summed E-state index contributed by atoms with van der Waals surface area (Å²) in [6, 6.07) is 1.39. The molecule has 22 heavy (non-hydrogen) atoms. The third-order valence-electron chi connectivity index (χ3n) is 3.42. The van der Waals surface area contributed by atoms with Gasteiger partial charge in [0.05, 0.1) is 17.6 Å². The third kappa shape index (κ3) is 2.81. The van der Waals surface area contributed by atoms with Crippen molar-refractivity contribution in [3.05, 3.63) is 29.6 Å². The predicted molar refractivity (Wildman–Crippen MR) is 72.3 cm³/mol. The van der Waals surface area contributed by atoms with Crippen molar-refractivity contribution in [3.8, 4) is 0 Å². The Bertz CT molecular complexity index is 717. The molecule has 1 atom stereocenters. The van der Waals surface area contributed by atoms with Crippen LogP contribution in [-0.2, 0) is 19.6 Å². The van der Waals surface area contributed by atoms with Gasteiger partial charge < -0.3 is 9.84 Å². The summed E-state index contributed by atoms with van der Waals surface area (Å²) in [5.74, 6) is -3.07. The Balaban J connectivity index is 2.55. The average Bonchev–Trinajstić information content (AvgIpc) is 2.96. The molecule has 1 saturated heterocycles. The number of nitrogens with zero attached hydrogens (tertiary/aromatic N) is 1. The molecule has 1 N–H and O–H groups in total. The molecule has 1 aliphatic heterocycles. The number of carbonyl (C=O) groups is 2. The van der Waals surface area contributed by atoms with Crippen LogP contribution in [0.3, 0.4) is 0 Å². The summed E-state index contributed by atoms with van der Waals surface area (Å²) in [6.07, 6.45) is 0.578. The fourth-order valence-electron chi connectivity index (χ4n) is 2.40. The van der Waals surface area contributed by atoms with E-state index in [1.807, 2.05) is 0 Å². The van der Waals surface area contributed by atoms with Crippen LogP contribution in [0, 0.1) is 5.82 Å². The monoisotopic (exact) mass is 331 g/mol. The van der Waals surface area contributed by atoms with Gasteiger partial charge in [-0.2, -0.15) is 4.31 Å². The van der Waals surface area contributed by atoms with E-state index in [1.165, 1.54) is 0 Å². The van der Waals surface area contributed by atoms with Gasteiger partial charge in [0.15, 0.2) is 0 Å². The maximum Gasteiger partial charge on any atom is 0.339 e. The van der Waals surface area contributed by atoms with Crippen molar-refractivity contribution < 1.29 is 32.2 Å². The molecule has 1 aromatic carbocycles. The van der Waals surface area contributed by atoms with Gasteiger partial charge in [0.1, 0.15) is 11.9 Å². The van der Waals surface area contributed by atoms with E-state index in [1.54, 1.807) is 0 Å². The molecular formula is C13H14FNO6S. The van der Waals surface area contributed by atoms with Gasteiger partial charge in [0, 0.05) is 6.54 Å². The minimum Gasteiger partial charge on any atom is -0.480 e. The van der Waals surface area contributed by atoms with Crippen molar-refractivity contribution in [2.75, 3.05) is 13.7 Å². The Morgan fingerprint density at radius 2 is 2.09 bits per heavy atom. The number of sulfonamides is 1. The highest BCUT2D eigenvalue weighted by molar-refractivity contribution is 7.89. The first kappa shape index (κ1) is 16.4. The standard InChI is InChI=1S/C13H14FNO6S/c1-21-13(18)9-7-8(14)4-5-11(9)22(19,20)15-6-2-3-10(15)12(16)17/h4-5,7,10H,2-3,6H2,1H3,(H,16,17). The highest BCUT2D eigenvalue weighted by Crippen LogP contribution is 2.28. The largest absolute Gasteiger partial charge is 0.480 e. The molecule has 1 aliphatic rings. The van der Waals surface area contributed by atoms with Crippen LogP contribution in [0.15, 0.2) is 23.1 Å². The SMILES string of the molecule is COC(=O)c1cc(F)ccc1S(=O)(=O)N1CCCC1C(=O)O. The molecule has 120 valence electrons. The van der Waals surface area contributed by atoms with Crippen LogP contribution in [0.4, 0.5) is 4.39 Å². The normalized spacial score (nSPS) is 19.1. The summed E-state index contributed by atoms with van der Waals surface area (Å²) in [5.41, 5.74) is -0.460. The van der Waals surface area contributed by atoms with E-state index in [4.69, 9.17) is 5.11 Å². The summed E-state index contributed by atoms with van der Waals surface area (Å²) in [6.45, 7) is 0.0251. The highest BCUT2D eigenvalue weighted by Gasteiger charge is 2.41. The molecule has 0 aliphatic carbocycles. The van der Waals surface area contributed by atoms with E-state index in [9.17, 15) is 22.4 Å². The second kappa shape index (κ2) is 6.01. The number of methoxy groups -OCH3 is 1. The van der Waals surface area contributed by atoms with Crippen molar-refractivity contribution >= 4 is 22.0 Å². The van der Waals surface area contributed by atoms with Crippen LogP contribution in [0.25, 0.3) is 0 Å². The summed E-state index contributed by atoms with van der Waals surface area (Å²) in [5, 5.41) is 9.10. The van der Waals surface area contributed by atoms with E-state index in [2.05, 4.69) is 4.74 Å². The summed E-state index contributed by atoms with van der Waals surface area (Å²) < 4.78 is 43.8. The molecule has 1 fully saturated rings. The number of benzene rings is 1. The molecule has 0 saturated carbocycles. The van der Waals surface area contributed by atoms with Crippen molar-refractivity contribution in [2.45, 2.75) is 23.8 Å². The Morgan fingerprint density at radius 3 is 2.68 bits per heavy atom. The molecule has 1 unspecified atom stereocenters. The quantitative estimate of drug-likeness (QED) is 0.821. The number of aliphatic carboxylic acids is 1. The van der Waals surface area contributed by atoms with E-state index in [-0.39, 0.29) is 13.0 Å². The fraction of sp³-hybridized carbons (Fsp3) is 0.385. The summed E-state index contributed by atoms with van der Waals surface area (Å²) >= 11 is 0.